The van der Waals surface area contributed by atoms with Gasteiger partial charge < -0.3 is 10.6 Å². The van der Waals surface area contributed by atoms with E-state index in [2.05, 4.69) is 10.6 Å². The van der Waals surface area contributed by atoms with Crippen molar-refractivity contribution in [3.63, 3.8) is 0 Å². The van der Waals surface area contributed by atoms with Crippen LogP contribution in [0.1, 0.15) is 4.88 Å². The molecule has 0 bridgehead atoms. The highest BCUT2D eigenvalue weighted by Crippen LogP contribution is 2.25. The van der Waals surface area contributed by atoms with Crippen molar-refractivity contribution in [1.29, 1.82) is 0 Å². The molecule has 7 heteroatoms. The van der Waals surface area contributed by atoms with Crippen LogP contribution in [-0.2, 0) is 16.0 Å². The van der Waals surface area contributed by atoms with Crippen molar-refractivity contribution in [3.8, 4) is 0 Å². The van der Waals surface area contributed by atoms with Crippen LogP contribution in [0.2, 0.25) is 10.0 Å². The molecule has 0 aliphatic carbocycles. The minimum Gasteiger partial charge on any atom is -0.347 e. The zero-order chi connectivity index (χ0) is 15.2. The molecule has 4 nitrogen and oxygen atoms in total. The Labute approximate surface area is 136 Å². The fraction of sp³-hybridized carbons (Fsp3) is 0.143. The van der Waals surface area contributed by atoms with Crippen LogP contribution in [0.4, 0.5) is 5.69 Å². The van der Waals surface area contributed by atoms with Gasteiger partial charge in [0.1, 0.15) is 0 Å². The first-order chi connectivity index (χ1) is 10.0. The number of hydrogen-bond donors (Lipinski definition) is 2. The third-order valence-electron chi connectivity index (χ3n) is 2.56. The lowest BCUT2D eigenvalue weighted by Gasteiger charge is -2.08. The van der Waals surface area contributed by atoms with Gasteiger partial charge in [-0.2, -0.15) is 0 Å². The Morgan fingerprint density at radius 1 is 1.14 bits per heavy atom. The second-order valence-corrected chi connectivity index (χ2v) is 6.08. The van der Waals surface area contributed by atoms with Crippen LogP contribution in [0.5, 0.6) is 0 Å². The Morgan fingerprint density at radius 2 is 1.95 bits per heavy atom. The van der Waals surface area contributed by atoms with Crippen LogP contribution in [0.15, 0.2) is 35.7 Å². The molecular weight excluding hydrogens is 331 g/mol. The summed E-state index contributed by atoms with van der Waals surface area (Å²) in [5.41, 5.74) is 0.418. The van der Waals surface area contributed by atoms with Gasteiger partial charge in [-0.25, -0.2) is 0 Å². The topological polar surface area (TPSA) is 58.2 Å². The van der Waals surface area contributed by atoms with Crippen molar-refractivity contribution < 1.29 is 9.59 Å². The Balaban J connectivity index is 1.82. The van der Waals surface area contributed by atoms with Crippen molar-refractivity contribution in [2.24, 2.45) is 0 Å². The lowest BCUT2D eigenvalue weighted by molar-refractivity contribution is -0.123. The molecule has 2 rings (SSSR count). The van der Waals surface area contributed by atoms with Crippen molar-refractivity contribution in [1.82, 2.24) is 5.32 Å². The molecule has 0 unspecified atom stereocenters. The average Bonchev–Trinajstić information content (AvgIpc) is 2.93. The standard InChI is InChI=1S/C14H12Cl2N2O2S/c15-9-3-4-11(16)12(6-9)18-14(20)8-17-13(19)7-10-2-1-5-21-10/h1-6H,7-8H2,(H,17,19)(H,18,20). The molecule has 0 aliphatic heterocycles. The van der Waals surface area contributed by atoms with Crippen LogP contribution < -0.4 is 10.6 Å². The number of nitrogens with one attached hydrogen (secondary N) is 2. The highest BCUT2D eigenvalue weighted by molar-refractivity contribution is 7.10. The van der Waals surface area contributed by atoms with E-state index in [0.29, 0.717) is 15.7 Å². The van der Waals surface area contributed by atoms with Crippen molar-refractivity contribution in [2.75, 3.05) is 11.9 Å². The first kappa shape index (κ1) is 15.8. The van der Waals surface area contributed by atoms with Gasteiger partial charge in [-0.05, 0) is 29.6 Å². The number of carbonyl (C=O) groups excluding carboxylic acids is 2. The summed E-state index contributed by atoms with van der Waals surface area (Å²) in [6.45, 7) is -0.118. The van der Waals surface area contributed by atoms with E-state index < -0.39 is 0 Å². The highest BCUT2D eigenvalue weighted by atomic mass is 35.5. The van der Waals surface area contributed by atoms with Gasteiger partial charge >= 0.3 is 0 Å². The number of carbonyl (C=O) groups is 2. The number of thiophene rings is 1. The summed E-state index contributed by atoms with van der Waals surface area (Å²) >= 11 is 13.3. The third kappa shape index (κ3) is 5.04. The van der Waals surface area contributed by atoms with Crippen LogP contribution in [0, 0.1) is 0 Å². The smallest absolute Gasteiger partial charge is 0.243 e. The van der Waals surface area contributed by atoms with E-state index in [9.17, 15) is 9.59 Å². The Kier molecular flexibility index (Phi) is 5.61. The summed E-state index contributed by atoms with van der Waals surface area (Å²) < 4.78 is 0. The van der Waals surface area contributed by atoms with E-state index in [0.717, 1.165) is 4.88 Å². The fourth-order valence-electron chi connectivity index (χ4n) is 1.60. The molecule has 0 fully saturated rings. The van der Waals surface area contributed by atoms with Gasteiger partial charge in [-0.1, -0.05) is 29.3 Å². The Bertz CT molecular complexity index is 644. The van der Waals surface area contributed by atoms with Crippen molar-refractivity contribution in [2.45, 2.75) is 6.42 Å². The van der Waals surface area contributed by atoms with Crippen LogP contribution in [0.3, 0.4) is 0 Å². The normalized spacial score (nSPS) is 10.2. The quantitative estimate of drug-likeness (QED) is 0.875. The molecule has 0 aliphatic rings. The van der Waals surface area contributed by atoms with Gasteiger partial charge in [-0.15, -0.1) is 11.3 Å². The largest absolute Gasteiger partial charge is 0.347 e. The van der Waals surface area contributed by atoms with Gasteiger partial charge in [0.2, 0.25) is 11.8 Å². The summed E-state index contributed by atoms with van der Waals surface area (Å²) in [4.78, 5) is 24.4. The summed E-state index contributed by atoms with van der Waals surface area (Å²) in [5.74, 6) is -0.566. The van der Waals surface area contributed by atoms with E-state index in [4.69, 9.17) is 23.2 Å². The number of halogens is 2. The zero-order valence-corrected chi connectivity index (χ0v) is 13.2. The van der Waals surface area contributed by atoms with Gasteiger partial charge in [0.05, 0.1) is 23.7 Å². The molecule has 0 spiro atoms. The molecule has 0 radical (unpaired) electrons. The summed E-state index contributed by atoms with van der Waals surface area (Å²) in [7, 11) is 0. The predicted molar refractivity (Wildman–Crippen MR) is 86.1 cm³/mol. The second-order valence-electron chi connectivity index (χ2n) is 4.21. The van der Waals surface area contributed by atoms with Crippen molar-refractivity contribution in [3.05, 3.63) is 50.6 Å². The number of benzene rings is 1. The van der Waals surface area contributed by atoms with E-state index in [1.165, 1.54) is 11.3 Å². The number of rotatable bonds is 5. The summed E-state index contributed by atoms with van der Waals surface area (Å²) in [5, 5.41) is 7.91. The summed E-state index contributed by atoms with van der Waals surface area (Å²) in [6.07, 6.45) is 0.267. The van der Waals surface area contributed by atoms with Gasteiger partial charge in [0.25, 0.3) is 0 Å². The molecule has 0 atom stereocenters. The molecule has 110 valence electrons. The second kappa shape index (κ2) is 7.45. The van der Waals surface area contributed by atoms with Crippen LogP contribution in [0.25, 0.3) is 0 Å². The van der Waals surface area contributed by atoms with E-state index >= 15 is 0 Å². The lowest BCUT2D eigenvalue weighted by Crippen LogP contribution is -2.33. The lowest BCUT2D eigenvalue weighted by atomic mass is 10.3. The van der Waals surface area contributed by atoms with Gasteiger partial charge in [-0.3, -0.25) is 9.59 Å². The molecule has 2 N–H and O–H groups in total. The number of hydrogen-bond acceptors (Lipinski definition) is 3. The maximum Gasteiger partial charge on any atom is 0.243 e. The molecule has 1 heterocycles. The van der Waals surface area contributed by atoms with Crippen molar-refractivity contribution >= 4 is 52.0 Å². The molecular formula is C14H12Cl2N2O2S. The maximum atomic E-state index is 11.8. The highest BCUT2D eigenvalue weighted by Gasteiger charge is 2.09. The van der Waals surface area contributed by atoms with Gasteiger partial charge in [0.15, 0.2) is 0 Å². The fourth-order valence-corrected chi connectivity index (χ4v) is 2.64. The molecule has 2 amide bonds. The first-order valence-electron chi connectivity index (χ1n) is 6.08. The molecule has 21 heavy (non-hydrogen) atoms. The predicted octanol–water partition coefficient (Wildman–Crippen LogP) is 3.35. The molecule has 2 aromatic rings. The van der Waals surface area contributed by atoms with E-state index in [-0.39, 0.29) is 24.8 Å². The Hall–Kier alpha value is -1.56. The minimum atomic E-state index is -0.362. The number of anilines is 1. The first-order valence-corrected chi connectivity index (χ1v) is 7.72. The zero-order valence-electron chi connectivity index (χ0n) is 10.9. The SMILES string of the molecule is O=C(Cc1cccs1)NCC(=O)Nc1cc(Cl)ccc1Cl. The summed E-state index contributed by atoms with van der Waals surface area (Å²) in [6, 6.07) is 8.52. The average molecular weight is 343 g/mol. The Morgan fingerprint density at radius 3 is 2.67 bits per heavy atom. The maximum absolute atomic E-state index is 11.8. The number of amides is 2. The molecule has 0 saturated carbocycles. The molecule has 1 aromatic heterocycles. The molecule has 0 saturated heterocycles. The van der Waals surface area contributed by atoms with E-state index in [1.807, 2.05) is 17.5 Å². The van der Waals surface area contributed by atoms with Crippen LogP contribution in [-0.4, -0.2) is 18.4 Å². The monoisotopic (exact) mass is 342 g/mol. The molecule has 1 aromatic carbocycles. The van der Waals surface area contributed by atoms with E-state index in [1.54, 1.807) is 18.2 Å². The minimum absolute atomic E-state index is 0.118. The third-order valence-corrected chi connectivity index (χ3v) is 4.00. The van der Waals surface area contributed by atoms with Gasteiger partial charge in [0, 0.05) is 9.90 Å². The van der Waals surface area contributed by atoms with Crippen LogP contribution >= 0.6 is 34.5 Å².